The molecule has 2 aliphatic rings. The van der Waals surface area contributed by atoms with Crippen LogP contribution in [0, 0.1) is 10.1 Å². The Morgan fingerprint density at radius 3 is 2.52 bits per heavy atom. The van der Waals surface area contributed by atoms with Gasteiger partial charge in [0.25, 0.3) is 17.5 Å². The third-order valence-electron chi connectivity index (χ3n) is 3.17. The number of benzene rings is 1. The lowest BCUT2D eigenvalue weighted by Gasteiger charge is -2.23. The molecule has 0 radical (unpaired) electrons. The first-order valence-corrected chi connectivity index (χ1v) is 5.84. The van der Waals surface area contributed by atoms with E-state index in [4.69, 9.17) is 0 Å². The van der Waals surface area contributed by atoms with E-state index in [0.29, 0.717) is 10.7 Å². The maximum absolute atomic E-state index is 12.3. The largest absolute Gasteiger partial charge is 0.341 e. The molecule has 9 heteroatoms. The van der Waals surface area contributed by atoms with Crippen molar-refractivity contribution in [3.63, 3.8) is 0 Å². The number of nitrogens with zero attached hydrogens (tertiary/aromatic N) is 3. The zero-order valence-corrected chi connectivity index (χ0v) is 10.5. The second-order valence-electron chi connectivity index (χ2n) is 4.47. The van der Waals surface area contributed by atoms with Gasteiger partial charge >= 0.3 is 6.03 Å². The first kappa shape index (κ1) is 12.8. The van der Waals surface area contributed by atoms with Gasteiger partial charge in [-0.15, -0.1) is 0 Å². The summed E-state index contributed by atoms with van der Waals surface area (Å²) >= 11 is 0. The number of nitro benzene ring substituents is 1. The van der Waals surface area contributed by atoms with Crippen molar-refractivity contribution in [2.24, 2.45) is 0 Å². The summed E-state index contributed by atoms with van der Waals surface area (Å²) in [6.07, 6.45) is 0. The first-order valence-electron chi connectivity index (χ1n) is 5.84. The zero-order chi connectivity index (χ0) is 15.3. The predicted molar refractivity (Wildman–Crippen MR) is 68.0 cm³/mol. The van der Waals surface area contributed by atoms with Crippen molar-refractivity contribution in [2.45, 2.75) is 0 Å². The van der Waals surface area contributed by atoms with Crippen LogP contribution in [0.4, 0.5) is 10.5 Å². The van der Waals surface area contributed by atoms with Gasteiger partial charge < -0.3 is 5.32 Å². The lowest BCUT2D eigenvalue weighted by molar-refractivity contribution is -0.385. The normalized spacial score (nSPS) is 17.3. The molecule has 1 N–H and O–H groups in total. The molecule has 106 valence electrons. The van der Waals surface area contributed by atoms with Gasteiger partial charge in [-0.2, -0.15) is 5.01 Å². The number of hydrazine groups is 1. The van der Waals surface area contributed by atoms with E-state index >= 15 is 0 Å². The number of carbonyl (C=O) groups excluding carboxylic acids is 3. The third kappa shape index (κ3) is 1.67. The quantitative estimate of drug-likeness (QED) is 0.487. The Morgan fingerprint density at radius 2 is 1.95 bits per heavy atom. The lowest BCUT2D eigenvalue weighted by atomic mass is 10.1. The monoisotopic (exact) mass is 288 g/mol. The van der Waals surface area contributed by atoms with E-state index in [9.17, 15) is 24.5 Å². The minimum Gasteiger partial charge on any atom is -0.309 e. The van der Waals surface area contributed by atoms with Crippen molar-refractivity contribution >= 4 is 23.5 Å². The molecule has 0 unspecified atom stereocenters. The van der Waals surface area contributed by atoms with Crippen molar-refractivity contribution in [3.05, 3.63) is 51.7 Å². The summed E-state index contributed by atoms with van der Waals surface area (Å²) in [5.41, 5.74) is -0.546. The zero-order valence-electron chi connectivity index (χ0n) is 10.5. The summed E-state index contributed by atoms with van der Waals surface area (Å²) in [6, 6.07) is 3.08. The molecular formula is C12H8N4O5. The molecular weight excluding hydrogens is 280 g/mol. The van der Waals surface area contributed by atoms with Gasteiger partial charge in [-0.3, -0.25) is 19.7 Å². The Labute approximate surface area is 117 Å². The predicted octanol–water partition coefficient (Wildman–Crippen LogP) is 0.645. The number of nitrogens with one attached hydrogen (secondary N) is 1. The van der Waals surface area contributed by atoms with Crippen LogP contribution in [0.15, 0.2) is 30.5 Å². The standard InChI is InChI=1S/C12H8N4O5/c1-6-5-14(12(19)13-6)15-10(17)7-3-2-4-8(16(20)21)9(7)11(15)18/h2-4H,1,5H2,(H,13,19). The number of imide groups is 1. The van der Waals surface area contributed by atoms with Crippen molar-refractivity contribution < 1.29 is 19.3 Å². The molecule has 1 saturated heterocycles. The fraction of sp³-hybridized carbons (Fsp3) is 0.0833. The van der Waals surface area contributed by atoms with Gasteiger partial charge in [0.15, 0.2) is 0 Å². The van der Waals surface area contributed by atoms with Crippen LogP contribution < -0.4 is 5.32 Å². The SMILES string of the molecule is C=C1CN(N2C(=O)c3cccc([N+](=O)[O-])c3C2=O)C(=O)N1. The molecule has 0 atom stereocenters. The second kappa shape index (κ2) is 4.13. The Hall–Kier alpha value is -3.23. The average Bonchev–Trinajstić information content (AvgIpc) is 2.88. The number of hydrogen-bond donors (Lipinski definition) is 1. The summed E-state index contributed by atoms with van der Waals surface area (Å²) in [6.45, 7) is 3.48. The van der Waals surface area contributed by atoms with Gasteiger partial charge in [0.1, 0.15) is 5.56 Å². The van der Waals surface area contributed by atoms with E-state index < -0.39 is 28.5 Å². The molecule has 21 heavy (non-hydrogen) atoms. The summed E-state index contributed by atoms with van der Waals surface area (Å²) in [4.78, 5) is 46.5. The molecule has 0 bridgehead atoms. The smallest absolute Gasteiger partial charge is 0.309 e. The van der Waals surface area contributed by atoms with Gasteiger partial charge in [-0.1, -0.05) is 12.6 Å². The molecule has 2 heterocycles. The van der Waals surface area contributed by atoms with Crippen molar-refractivity contribution in [3.8, 4) is 0 Å². The summed E-state index contributed by atoms with van der Waals surface area (Å²) in [5.74, 6) is -1.67. The maximum Gasteiger partial charge on any atom is 0.341 e. The van der Waals surface area contributed by atoms with E-state index in [-0.39, 0.29) is 17.7 Å². The van der Waals surface area contributed by atoms with Gasteiger partial charge in [-0.05, 0) is 6.07 Å². The molecule has 9 nitrogen and oxygen atoms in total. The number of hydrogen-bond acceptors (Lipinski definition) is 5. The highest BCUT2D eigenvalue weighted by molar-refractivity contribution is 6.23. The number of rotatable bonds is 2. The van der Waals surface area contributed by atoms with Crippen LogP contribution in [0.25, 0.3) is 0 Å². The van der Waals surface area contributed by atoms with Gasteiger partial charge in [0.2, 0.25) is 0 Å². The molecule has 3 rings (SSSR count). The summed E-state index contributed by atoms with van der Waals surface area (Å²) < 4.78 is 0. The van der Waals surface area contributed by atoms with Gasteiger partial charge in [-0.25, -0.2) is 9.80 Å². The molecule has 0 saturated carbocycles. The summed E-state index contributed by atoms with van der Waals surface area (Å²) in [7, 11) is 0. The molecule has 1 aromatic carbocycles. The highest BCUT2D eigenvalue weighted by Gasteiger charge is 2.46. The van der Waals surface area contributed by atoms with E-state index in [1.165, 1.54) is 12.1 Å². The van der Waals surface area contributed by atoms with Gasteiger partial charge in [0, 0.05) is 11.8 Å². The first-order chi connectivity index (χ1) is 9.91. The van der Waals surface area contributed by atoms with Crippen molar-refractivity contribution in [1.82, 2.24) is 15.3 Å². The van der Waals surface area contributed by atoms with Crippen LogP contribution in [0.2, 0.25) is 0 Å². The molecule has 0 aromatic heterocycles. The molecule has 0 spiro atoms. The fourth-order valence-corrected chi connectivity index (χ4v) is 2.30. The van der Waals surface area contributed by atoms with Crippen molar-refractivity contribution in [2.75, 3.05) is 6.54 Å². The molecule has 2 aliphatic heterocycles. The van der Waals surface area contributed by atoms with Crippen LogP contribution in [0.3, 0.4) is 0 Å². The lowest BCUT2D eigenvalue weighted by Crippen LogP contribution is -2.47. The number of urea groups is 1. The van der Waals surface area contributed by atoms with E-state index in [0.717, 1.165) is 11.1 Å². The van der Waals surface area contributed by atoms with E-state index in [2.05, 4.69) is 11.9 Å². The highest BCUT2D eigenvalue weighted by atomic mass is 16.6. The number of nitro groups is 1. The Balaban J connectivity index is 2.09. The van der Waals surface area contributed by atoms with Crippen LogP contribution in [0.1, 0.15) is 20.7 Å². The minimum atomic E-state index is -0.896. The second-order valence-corrected chi connectivity index (χ2v) is 4.47. The topological polar surface area (TPSA) is 113 Å². The van der Waals surface area contributed by atoms with Crippen LogP contribution in [0.5, 0.6) is 0 Å². The Bertz CT molecular complexity index is 741. The maximum atomic E-state index is 12.3. The minimum absolute atomic E-state index is 0.0574. The Morgan fingerprint density at radius 1 is 1.24 bits per heavy atom. The molecule has 1 fully saturated rings. The molecule has 0 aliphatic carbocycles. The van der Waals surface area contributed by atoms with Gasteiger partial charge in [0.05, 0.1) is 17.0 Å². The van der Waals surface area contributed by atoms with Crippen LogP contribution >= 0.6 is 0 Å². The Kier molecular flexibility index (Phi) is 2.52. The number of carbonyl (C=O) groups is 3. The number of fused-ring (bicyclic) bond motifs is 1. The summed E-state index contributed by atoms with van der Waals surface area (Å²) in [5, 5.41) is 14.8. The van der Waals surface area contributed by atoms with E-state index in [1.54, 1.807) is 0 Å². The third-order valence-corrected chi connectivity index (χ3v) is 3.17. The van der Waals surface area contributed by atoms with Crippen LogP contribution in [-0.2, 0) is 0 Å². The molecule has 1 aromatic rings. The van der Waals surface area contributed by atoms with Crippen molar-refractivity contribution in [1.29, 1.82) is 0 Å². The highest BCUT2D eigenvalue weighted by Crippen LogP contribution is 2.32. The van der Waals surface area contributed by atoms with E-state index in [1.807, 2.05) is 0 Å². The molecule has 4 amide bonds. The average molecular weight is 288 g/mol. The fourth-order valence-electron chi connectivity index (χ4n) is 2.30. The van der Waals surface area contributed by atoms with Crippen LogP contribution in [-0.4, -0.2) is 39.3 Å². The number of amides is 4.